The number of carbonyl (C=O) groups is 1. The Bertz CT molecular complexity index is 873. The van der Waals surface area contributed by atoms with Crippen LogP contribution in [0.25, 0.3) is 11.4 Å². The summed E-state index contributed by atoms with van der Waals surface area (Å²) in [6.07, 6.45) is 1.74. The summed E-state index contributed by atoms with van der Waals surface area (Å²) in [5.74, 6) is 0.809. The summed E-state index contributed by atoms with van der Waals surface area (Å²) in [6.45, 7) is 5.49. The molecule has 0 spiro atoms. The predicted molar refractivity (Wildman–Crippen MR) is 95.2 cm³/mol. The lowest BCUT2D eigenvalue weighted by Crippen LogP contribution is -2.31. The van der Waals surface area contributed by atoms with Crippen molar-refractivity contribution < 1.29 is 9.32 Å². The zero-order valence-corrected chi connectivity index (χ0v) is 14.3. The topological polar surface area (TPSA) is 92.9 Å². The zero-order chi connectivity index (χ0) is 17.8. The molecule has 2 N–H and O–H groups in total. The van der Waals surface area contributed by atoms with Gasteiger partial charge >= 0.3 is 0 Å². The van der Waals surface area contributed by atoms with Crippen LogP contribution in [0.4, 0.5) is 11.6 Å². The second kappa shape index (κ2) is 7.12. The summed E-state index contributed by atoms with van der Waals surface area (Å²) in [6, 6.07) is 10.7. The predicted octanol–water partition coefficient (Wildman–Crippen LogP) is 3.19. The highest BCUT2D eigenvalue weighted by Crippen LogP contribution is 2.19. The lowest BCUT2D eigenvalue weighted by molar-refractivity contribution is -0.116. The van der Waals surface area contributed by atoms with E-state index < -0.39 is 6.04 Å². The molecule has 0 aliphatic heterocycles. The second-order valence-corrected chi connectivity index (χ2v) is 5.79. The van der Waals surface area contributed by atoms with Crippen molar-refractivity contribution >= 4 is 17.5 Å². The lowest BCUT2D eigenvalue weighted by atomic mass is 10.1. The molecule has 2 heterocycles. The third kappa shape index (κ3) is 4.20. The molecule has 3 rings (SSSR count). The first-order chi connectivity index (χ1) is 12.0. The second-order valence-electron chi connectivity index (χ2n) is 5.79. The molecule has 0 fully saturated rings. The number of aryl methyl sites for hydroxylation is 2. The Morgan fingerprint density at radius 1 is 1.12 bits per heavy atom. The summed E-state index contributed by atoms with van der Waals surface area (Å²) in [5, 5.41) is 9.56. The first kappa shape index (κ1) is 16.6. The highest BCUT2D eigenvalue weighted by molar-refractivity contribution is 5.95. The smallest absolute Gasteiger partial charge is 0.248 e. The highest BCUT2D eigenvalue weighted by atomic mass is 16.5. The number of nitrogens with one attached hydrogen (secondary N) is 2. The molecule has 0 radical (unpaired) electrons. The van der Waals surface area contributed by atoms with Gasteiger partial charge in [-0.3, -0.25) is 10.1 Å². The Balaban J connectivity index is 1.63. The fourth-order valence-corrected chi connectivity index (χ4v) is 2.27. The molecular formula is C18H19N5O2. The van der Waals surface area contributed by atoms with Crippen LogP contribution in [0.1, 0.15) is 18.3 Å². The van der Waals surface area contributed by atoms with Crippen molar-refractivity contribution in [1.29, 1.82) is 0 Å². The number of aromatic nitrogens is 3. The van der Waals surface area contributed by atoms with E-state index >= 15 is 0 Å². The first-order valence-corrected chi connectivity index (χ1v) is 7.92. The molecule has 0 saturated carbocycles. The van der Waals surface area contributed by atoms with E-state index in [1.54, 1.807) is 26.1 Å². The van der Waals surface area contributed by atoms with Crippen LogP contribution in [0.15, 0.2) is 47.1 Å². The van der Waals surface area contributed by atoms with Crippen LogP contribution in [0, 0.1) is 13.8 Å². The third-order valence-corrected chi connectivity index (χ3v) is 3.59. The van der Waals surface area contributed by atoms with Crippen LogP contribution in [-0.2, 0) is 4.79 Å². The van der Waals surface area contributed by atoms with Gasteiger partial charge in [0, 0.05) is 29.2 Å². The monoisotopic (exact) mass is 337 g/mol. The van der Waals surface area contributed by atoms with E-state index in [-0.39, 0.29) is 5.91 Å². The Morgan fingerprint density at radius 2 is 1.88 bits per heavy atom. The number of hydrogen-bond donors (Lipinski definition) is 2. The Kier molecular flexibility index (Phi) is 4.74. The SMILES string of the molecule is Cc1cc(NC(=O)[C@H](C)Nc2ccc(-c3nccc(C)n3)cc2)on1. The standard InChI is InChI=1S/C18H19N5O2/c1-11-8-9-19-17(20-11)14-4-6-15(7-5-14)21-13(3)18(24)22-16-10-12(2)23-25-16/h4-10,13,21H,1-3H3,(H,22,24)/t13-/m0/s1. The van der Waals surface area contributed by atoms with Gasteiger partial charge in [0.1, 0.15) is 6.04 Å². The lowest BCUT2D eigenvalue weighted by Gasteiger charge is -2.14. The minimum absolute atomic E-state index is 0.206. The summed E-state index contributed by atoms with van der Waals surface area (Å²) in [5.41, 5.74) is 3.38. The molecule has 2 aromatic heterocycles. The van der Waals surface area contributed by atoms with Crippen molar-refractivity contribution in [1.82, 2.24) is 15.1 Å². The number of nitrogens with zero attached hydrogens (tertiary/aromatic N) is 3. The third-order valence-electron chi connectivity index (χ3n) is 3.59. The molecule has 128 valence electrons. The molecule has 0 saturated heterocycles. The van der Waals surface area contributed by atoms with Gasteiger partial charge in [0.05, 0.1) is 5.69 Å². The number of amides is 1. The van der Waals surface area contributed by atoms with Crippen molar-refractivity contribution in [3.05, 3.63) is 54.0 Å². The molecule has 25 heavy (non-hydrogen) atoms. The van der Waals surface area contributed by atoms with E-state index in [0.29, 0.717) is 17.4 Å². The highest BCUT2D eigenvalue weighted by Gasteiger charge is 2.15. The maximum Gasteiger partial charge on any atom is 0.248 e. The fraction of sp³-hybridized carbons (Fsp3) is 0.222. The van der Waals surface area contributed by atoms with Gasteiger partial charge in [0.2, 0.25) is 11.8 Å². The average Bonchev–Trinajstić information content (AvgIpc) is 3.00. The molecule has 7 heteroatoms. The molecule has 0 unspecified atom stereocenters. The van der Waals surface area contributed by atoms with Crippen molar-refractivity contribution in [2.24, 2.45) is 0 Å². The molecule has 3 aromatic rings. The van der Waals surface area contributed by atoms with E-state index in [1.165, 1.54) is 0 Å². The van der Waals surface area contributed by atoms with Gasteiger partial charge < -0.3 is 9.84 Å². The van der Waals surface area contributed by atoms with Crippen LogP contribution in [-0.4, -0.2) is 27.1 Å². The van der Waals surface area contributed by atoms with Crippen molar-refractivity contribution in [3.63, 3.8) is 0 Å². The van der Waals surface area contributed by atoms with E-state index in [4.69, 9.17) is 4.52 Å². The molecule has 0 bridgehead atoms. The first-order valence-electron chi connectivity index (χ1n) is 7.92. The molecule has 1 amide bonds. The quantitative estimate of drug-likeness (QED) is 0.743. The van der Waals surface area contributed by atoms with Gasteiger partial charge in [-0.2, -0.15) is 0 Å². The Morgan fingerprint density at radius 3 is 2.52 bits per heavy atom. The van der Waals surface area contributed by atoms with E-state index in [9.17, 15) is 4.79 Å². The summed E-state index contributed by atoms with van der Waals surface area (Å²) >= 11 is 0. The van der Waals surface area contributed by atoms with E-state index in [0.717, 1.165) is 16.9 Å². The maximum absolute atomic E-state index is 12.2. The molecule has 1 aromatic carbocycles. The maximum atomic E-state index is 12.2. The van der Waals surface area contributed by atoms with Crippen LogP contribution >= 0.6 is 0 Å². The minimum atomic E-state index is -0.438. The Hall–Kier alpha value is -3.22. The van der Waals surface area contributed by atoms with Gasteiger partial charge in [-0.05, 0) is 51.1 Å². The van der Waals surface area contributed by atoms with Gasteiger partial charge in [-0.25, -0.2) is 9.97 Å². The summed E-state index contributed by atoms with van der Waals surface area (Å²) in [4.78, 5) is 20.8. The summed E-state index contributed by atoms with van der Waals surface area (Å²) < 4.78 is 4.99. The number of rotatable bonds is 5. The fourth-order valence-electron chi connectivity index (χ4n) is 2.27. The van der Waals surface area contributed by atoms with Crippen molar-refractivity contribution in [3.8, 4) is 11.4 Å². The number of anilines is 2. The van der Waals surface area contributed by atoms with E-state index in [2.05, 4.69) is 25.8 Å². The molecule has 7 nitrogen and oxygen atoms in total. The van der Waals surface area contributed by atoms with Gasteiger partial charge in [0.15, 0.2) is 5.82 Å². The Labute approximate surface area is 145 Å². The molecule has 1 atom stereocenters. The number of hydrogen-bond acceptors (Lipinski definition) is 6. The van der Waals surface area contributed by atoms with Gasteiger partial charge in [-0.1, -0.05) is 5.16 Å². The van der Waals surface area contributed by atoms with Crippen LogP contribution in [0.5, 0.6) is 0 Å². The van der Waals surface area contributed by atoms with Crippen LogP contribution in [0.3, 0.4) is 0 Å². The van der Waals surface area contributed by atoms with Gasteiger partial charge in [-0.15, -0.1) is 0 Å². The normalized spacial score (nSPS) is 11.8. The number of carbonyl (C=O) groups excluding carboxylic acids is 1. The zero-order valence-electron chi connectivity index (χ0n) is 14.3. The largest absolute Gasteiger partial charge is 0.374 e. The summed E-state index contributed by atoms with van der Waals surface area (Å²) in [7, 11) is 0. The van der Waals surface area contributed by atoms with Crippen molar-refractivity contribution in [2.45, 2.75) is 26.8 Å². The van der Waals surface area contributed by atoms with Crippen molar-refractivity contribution in [2.75, 3.05) is 10.6 Å². The average molecular weight is 337 g/mol. The molecule has 0 aliphatic rings. The van der Waals surface area contributed by atoms with Crippen LogP contribution < -0.4 is 10.6 Å². The van der Waals surface area contributed by atoms with E-state index in [1.807, 2.05) is 37.3 Å². The van der Waals surface area contributed by atoms with Gasteiger partial charge in [0.25, 0.3) is 0 Å². The number of benzene rings is 1. The van der Waals surface area contributed by atoms with Crippen LogP contribution in [0.2, 0.25) is 0 Å². The molecular weight excluding hydrogens is 318 g/mol. The molecule has 0 aliphatic carbocycles. The minimum Gasteiger partial charge on any atom is -0.374 e.